The van der Waals surface area contributed by atoms with Crippen molar-refractivity contribution < 1.29 is 14.3 Å². The third-order valence-corrected chi connectivity index (χ3v) is 3.44. The van der Waals surface area contributed by atoms with Gasteiger partial charge in [-0.3, -0.25) is 4.79 Å². The van der Waals surface area contributed by atoms with E-state index in [4.69, 9.17) is 10.5 Å². The van der Waals surface area contributed by atoms with Crippen LogP contribution in [0.5, 0.6) is 0 Å². The fourth-order valence-electron chi connectivity index (χ4n) is 1.59. The van der Waals surface area contributed by atoms with Gasteiger partial charge in [0.1, 0.15) is 0 Å². The summed E-state index contributed by atoms with van der Waals surface area (Å²) in [5.41, 5.74) is 6.49. The van der Waals surface area contributed by atoms with Gasteiger partial charge < -0.3 is 15.8 Å². The molecule has 20 heavy (non-hydrogen) atoms. The van der Waals surface area contributed by atoms with Crippen molar-refractivity contribution in [1.82, 2.24) is 0 Å². The highest BCUT2D eigenvalue weighted by Gasteiger charge is 2.15. The summed E-state index contributed by atoms with van der Waals surface area (Å²) >= 11 is 3.34. The van der Waals surface area contributed by atoms with Crippen molar-refractivity contribution >= 4 is 33.5 Å². The fraction of sp³-hybridized carbons (Fsp3) is 0.429. The molecule has 110 valence electrons. The number of rotatable bonds is 6. The first-order valence-corrected chi connectivity index (χ1v) is 7.26. The Kier molecular flexibility index (Phi) is 6.67. The largest absolute Gasteiger partial charge is 0.462 e. The lowest BCUT2D eigenvalue weighted by molar-refractivity contribution is -0.119. The zero-order valence-corrected chi connectivity index (χ0v) is 13.2. The number of hydrogen-bond acceptors (Lipinski definition) is 4. The molecule has 1 aromatic rings. The molecule has 0 aliphatic carbocycles. The maximum atomic E-state index is 11.9. The number of carbonyl (C=O) groups is 2. The highest BCUT2D eigenvalue weighted by atomic mass is 79.9. The van der Waals surface area contributed by atoms with Crippen molar-refractivity contribution in [2.45, 2.75) is 20.3 Å². The lowest BCUT2D eigenvalue weighted by Gasteiger charge is -2.13. The van der Waals surface area contributed by atoms with E-state index >= 15 is 0 Å². The minimum absolute atomic E-state index is 0.0972. The molecular weight excluding hydrogens is 324 g/mol. The first-order chi connectivity index (χ1) is 9.49. The molecule has 6 heteroatoms. The number of hydrogen-bond donors (Lipinski definition) is 2. The van der Waals surface area contributed by atoms with Gasteiger partial charge in [-0.2, -0.15) is 0 Å². The summed E-state index contributed by atoms with van der Waals surface area (Å²) in [5.74, 6) is -0.640. The summed E-state index contributed by atoms with van der Waals surface area (Å²) in [4.78, 5) is 23.5. The molecule has 1 amide bonds. The first kappa shape index (κ1) is 16.7. The third-order valence-electron chi connectivity index (χ3n) is 2.79. The molecule has 1 aromatic carbocycles. The normalized spacial score (nSPS) is 11.8. The standard InChI is InChI=1S/C14H19BrN2O3/c1-3-20-14(19)10-4-5-12(11(15)8-10)17-13(18)9(2)6-7-16/h4-5,8-9H,3,6-7,16H2,1-2H3,(H,17,18). The Labute approximate surface area is 127 Å². The number of carbonyl (C=O) groups excluding carboxylic acids is 2. The van der Waals surface area contributed by atoms with Crippen LogP contribution < -0.4 is 11.1 Å². The monoisotopic (exact) mass is 342 g/mol. The van der Waals surface area contributed by atoms with Gasteiger partial charge in [0.15, 0.2) is 0 Å². The van der Waals surface area contributed by atoms with Crippen molar-refractivity contribution in [3.05, 3.63) is 28.2 Å². The Bertz CT molecular complexity index is 491. The van der Waals surface area contributed by atoms with E-state index in [1.807, 2.05) is 6.92 Å². The Morgan fingerprint density at radius 1 is 1.45 bits per heavy atom. The summed E-state index contributed by atoms with van der Waals surface area (Å²) in [6, 6.07) is 4.91. The van der Waals surface area contributed by atoms with Gasteiger partial charge in [0.05, 0.1) is 17.9 Å². The van der Waals surface area contributed by atoms with Gasteiger partial charge >= 0.3 is 5.97 Å². The number of nitrogens with two attached hydrogens (primary N) is 1. The van der Waals surface area contributed by atoms with E-state index in [-0.39, 0.29) is 17.8 Å². The topological polar surface area (TPSA) is 81.4 Å². The van der Waals surface area contributed by atoms with Gasteiger partial charge in [0, 0.05) is 10.4 Å². The van der Waals surface area contributed by atoms with Gasteiger partial charge in [-0.25, -0.2) is 4.79 Å². The molecule has 0 heterocycles. The second-order valence-electron chi connectivity index (χ2n) is 4.38. The molecule has 0 saturated heterocycles. The molecule has 0 saturated carbocycles. The quantitative estimate of drug-likeness (QED) is 0.778. The molecule has 0 aromatic heterocycles. The SMILES string of the molecule is CCOC(=O)c1ccc(NC(=O)C(C)CCN)c(Br)c1. The Hall–Kier alpha value is -1.40. The number of benzene rings is 1. The zero-order valence-electron chi connectivity index (χ0n) is 11.6. The van der Waals surface area contributed by atoms with Crippen LogP contribution in [-0.2, 0) is 9.53 Å². The van der Waals surface area contributed by atoms with Crippen LogP contribution in [0.2, 0.25) is 0 Å². The predicted octanol–water partition coefficient (Wildman–Crippen LogP) is 2.55. The van der Waals surface area contributed by atoms with Gasteiger partial charge in [-0.1, -0.05) is 6.92 Å². The van der Waals surface area contributed by atoms with E-state index in [0.717, 1.165) is 0 Å². The summed E-state index contributed by atoms with van der Waals surface area (Å²) in [5, 5.41) is 2.80. The first-order valence-electron chi connectivity index (χ1n) is 6.47. The molecule has 0 aliphatic heterocycles. The Balaban J connectivity index is 2.78. The van der Waals surface area contributed by atoms with Gasteiger partial charge in [0.25, 0.3) is 0 Å². The average Bonchev–Trinajstić information content (AvgIpc) is 2.41. The highest BCUT2D eigenvalue weighted by Crippen LogP contribution is 2.24. The number of anilines is 1. The number of ether oxygens (including phenoxy) is 1. The molecule has 1 unspecified atom stereocenters. The van der Waals surface area contributed by atoms with Gasteiger partial charge in [0.2, 0.25) is 5.91 Å². The van der Waals surface area contributed by atoms with Crippen molar-refractivity contribution in [2.75, 3.05) is 18.5 Å². The number of halogens is 1. The smallest absolute Gasteiger partial charge is 0.338 e. The van der Waals surface area contributed by atoms with Crippen LogP contribution in [0, 0.1) is 5.92 Å². The van der Waals surface area contributed by atoms with E-state index in [1.54, 1.807) is 25.1 Å². The molecule has 5 nitrogen and oxygen atoms in total. The molecule has 0 radical (unpaired) electrons. The van der Waals surface area contributed by atoms with Crippen LogP contribution in [0.3, 0.4) is 0 Å². The molecule has 0 fully saturated rings. The number of amides is 1. The van der Waals surface area contributed by atoms with Crippen molar-refractivity contribution in [3.8, 4) is 0 Å². The maximum absolute atomic E-state index is 11.9. The van der Waals surface area contributed by atoms with Crippen LogP contribution in [-0.4, -0.2) is 25.0 Å². The minimum atomic E-state index is -0.387. The summed E-state index contributed by atoms with van der Waals surface area (Å²) in [6.07, 6.45) is 0.629. The van der Waals surface area contributed by atoms with E-state index in [0.29, 0.717) is 35.3 Å². The average molecular weight is 343 g/mol. The lowest BCUT2D eigenvalue weighted by Crippen LogP contribution is -2.23. The fourth-order valence-corrected chi connectivity index (χ4v) is 2.07. The van der Waals surface area contributed by atoms with Crippen molar-refractivity contribution in [1.29, 1.82) is 0 Å². The molecule has 1 rings (SSSR count). The summed E-state index contributed by atoms with van der Waals surface area (Å²) in [6.45, 7) is 4.37. The Morgan fingerprint density at radius 3 is 2.70 bits per heavy atom. The minimum Gasteiger partial charge on any atom is -0.462 e. The molecule has 0 spiro atoms. The number of esters is 1. The maximum Gasteiger partial charge on any atom is 0.338 e. The molecule has 0 bridgehead atoms. The van der Waals surface area contributed by atoms with E-state index in [9.17, 15) is 9.59 Å². The van der Waals surface area contributed by atoms with Crippen LogP contribution in [0.1, 0.15) is 30.6 Å². The Morgan fingerprint density at radius 2 is 2.15 bits per heavy atom. The van der Waals surface area contributed by atoms with Gasteiger partial charge in [-0.15, -0.1) is 0 Å². The molecule has 3 N–H and O–H groups in total. The lowest BCUT2D eigenvalue weighted by atomic mass is 10.1. The summed E-state index contributed by atoms with van der Waals surface area (Å²) < 4.78 is 5.55. The van der Waals surface area contributed by atoms with Gasteiger partial charge in [-0.05, 0) is 54.0 Å². The number of nitrogens with one attached hydrogen (secondary N) is 1. The zero-order chi connectivity index (χ0) is 15.1. The van der Waals surface area contributed by atoms with E-state index in [1.165, 1.54) is 0 Å². The second kappa shape index (κ2) is 8.01. The molecule has 1 atom stereocenters. The second-order valence-corrected chi connectivity index (χ2v) is 5.24. The van der Waals surface area contributed by atoms with Crippen LogP contribution in [0.25, 0.3) is 0 Å². The molecular formula is C14H19BrN2O3. The van der Waals surface area contributed by atoms with E-state index in [2.05, 4.69) is 21.2 Å². The van der Waals surface area contributed by atoms with Crippen molar-refractivity contribution in [2.24, 2.45) is 11.7 Å². The highest BCUT2D eigenvalue weighted by molar-refractivity contribution is 9.10. The van der Waals surface area contributed by atoms with Crippen molar-refractivity contribution in [3.63, 3.8) is 0 Å². The third kappa shape index (κ3) is 4.61. The van der Waals surface area contributed by atoms with Crippen LogP contribution >= 0.6 is 15.9 Å². The summed E-state index contributed by atoms with van der Waals surface area (Å²) in [7, 11) is 0. The molecule has 0 aliphatic rings. The van der Waals surface area contributed by atoms with E-state index < -0.39 is 0 Å². The predicted molar refractivity (Wildman–Crippen MR) is 81.6 cm³/mol. The van der Waals surface area contributed by atoms with Crippen LogP contribution in [0.4, 0.5) is 5.69 Å². The van der Waals surface area contributed by atoms with Crippen LogP contribution in [0.15, 0.2) is 22.7 Å².